The maximum absolute atomic E-state index is 12.0. The van der Waals surface area contributed by atoms with Gasteiger partial charge in [-0.05, 0) is 43.5 Å². The number of carbonyl (C=O) groups excluding carboxylic acids is 2. The molecule has 0 spiro atoms. The molecule has 3 amide bonds. The molecule has 1 aliphatic heterocycles. The number of aromatic amines is 1. The first-order valence-electron chi connectivity index (χ1n) is 8.08. The van der Waals surface area contributed by atoms with Crippen LogP contribution in [0.5, 0.6) is 0 Å². The van der Waals surface area contributed by atoms with Crippen molar-refractivity contribution in [1.29, 1.82) is 0 Å². The van der Waals surface area contributed by atoms with Gasteiger partial charge in [-0.15, -0.1) is 0 Å². The van der Waals surface area contributed by atoms with Crippen LogP contribution in [0.4, 0.5) is 16.2 Å². The van der Waals surface area contributed by atoms with E-state index in [4.69, 9.17) is 0 Å². The fourth-order valence-corrected chi connectivity index (χ4v) is 2.87. The summed E-state index contributed by atoms with van der Waals surface area (Å²) in [6.45, 7) is 2.56. The summed E-state index contributed by atoms with van der Waals surface area (Å²) < 4.78 is 0. The summed E-state index contributed by atoms with van der Waals surface area (Å²) in [5, 5.41) is 12.2. The van der Waals surface area contributed by atoms with Crippen molar-refractivity contribution in [1.82, 2.24) is 15.5 Å². The minimum Gasteiger partial charge on any atom is -0.338 e. The van der Waals surface area contributed by atoms with Crippen molar-refractivity contribution in [2.24, 2.45) is 0 Å². The van der Waals surface area contributed by atoms with Gasteiger partial charge in [0.2, 0.25) is 5.91 Å². The van der Waals surface area contributed by atoms with Crippen LogP contribution in [-0.4, -0.2) is 34.7 Å². The van der Waals surface area contributed by atoms with E-state index in [1.807, 2.05) is 31.2 Å². The van der Waals surface area contributed by atoms with Gasteiger partial charge in [0.25, 0.3) is 0 Å². The smallest absolute Gasteiger partial charge is 0.319 e. The number of urea groups is 1. The van der Waals surface area contributed by atoms with Crippen molar-refractivity contribution in [2.75, 3.05) is 16.8 Å². The standard InChI is InChI=1S/C17H21N5O2/c1-12-5-6-16(23)22(12)15-4-2-3-14(9-15)21-17(24)18-8-7-13-10-19-20-11-13/h2-4,9-12H,5-8H2,1H3,(H,19,20)(H2,18,21,24)/t12-/m1/s1. The molecule has 0 bridgehead atoms. The summed E-state index contributed by atoms with van der Waals surface area (Å²) in [5.74, 6) is 0.129. The molecule has 3 N–H and O–H groups in total. The Bertz CT molecular complexity index is 714. The Kier molecular flexibility index (Phi) is 4.79. The number of aromatic nitrogens is 2. The monoisotopic (exact) mass is 327 g/mol. The Morgan fingerprint density at radius 1 is 1.46 bits per heavy atom. The zero-order valence-electron chi connectivity index (χ0n) is 13.6. The van der Waals surface area contributed by atoms with Crippen molar-refractivity contribution < 1.29 is 9.59 Å². The van der Waals surface area contributed by atoms with Crippen molar-refractivity contribution in [3.05, 3.63) is 42.2 Å². The number of anilines is 2. The van der Waals surface area contributed by atoms with Gasteiger partial charge in [0.1, 0.15) is 0 Å². The summed E-state index contributed by atoms with van der Waals surface area (Å²) in [7, 11) is 0. The first kappa shape index (κ1) is 16.0. The van der Waals surface area contributed by atoms with E-state index in [-0.39, 0.29) is 18.0 Å². The third kappa shape index (κ3) is 3.73. The number of nitrogens with one attached hydrogen (secondary N) is 3. The first-order valence-corrected chi connectivity index (χ1v) is 8.08. The quantitative estimate of drug-likeness (QED) is 0.787. The number of hydrogen-bond acceptors (Lipinski definition) is 3. The average Bonchev–Trinajstić information content (AvgIpc) is 3.18. The van der Waals surface area contributed by atoms with Gasteiger partial charge in [-0.3, -0.25) is 9.89 Å². The molecule has 7 heteroatoms. The molecule has 1 fully saturated rings. The van der Waals surface area contributed by atoms with Gasteiger partial charge in [-0.1, -0.05) is 6.07 Å². The topological polar surface area (TPSA) is 90.1 Å². The molecule has 0 radical (unpaired) electrons. The van der Waals surface area contributed by atoms with E-state index in [9.17, 15) is 9.59 Å². The van der Waals surface area contributed by atoms with E-state index in [0.29, 0.717) is 25.1 Å². The van der Waals surface area contributed by atoms with Crippen LogP contribution in [0.25, 0.3) is 0 Å². The normalized spacial score (nSPS) is 17.1. The maximum Gasteiger partial charge on any atom is 0.319 e. The lowest BCUT2D eigenvalue weighted by Crippen LogP contribution is -2.31. The van der Waals surface area contributed by atoms with Crippen molar-refractivity contribution in [2.45, 2.75) is 32.2 Å². The number of nitrogens with zero attached hydrogens (tertiary/aromatic N) is 2. The number of carbonyl (C=O) groups is 2. The van der Waals surface area contributed by atoms with Crippen LogP contribution in [0.15, 0.2) is 36.7 Å². The summed E-state index contributed by atoms with van der Waals surface area (Å²) in [5.41, 5.74) is 2.53. The minimum atomic E-state index is -0.267. The Hall–Kier alpha value is -2.83. The largest absolute Gasteiger partial charge is 0.338 e. The molecule has 1 atom stereocenters. The third-order valence-corrected chi connectivity index (χ3v) is 4.12. The van der Waals surface area contributed by atoms with Crippen LogP contribution < -0.4 is 15.5 Å². The van der Waals surface area contributed by atoms with E-state index in [0.717, 1.165) is 17.7 Å². The molecular formula is C17H21N5O2. The van der Waals surface area contributed by atoms with E-state index < -0.39 is 0 Å². The second-order valence-corrected chi connectivity index (χ2v) is 5.94. The Labute approximate surface area is 140 Å². The van der Waals surface area contributed by atoms with Crippen molar-refractivity contribution >= 4 is 23.3 Å². The molecule has 3 rings (SSSR count). The zero-order chi connectivity index (χ0) is 16.9. The van der Waals surface area contributed by atoms with Crippen LogP contribution in [0.1, 0.15) is 25.3 Å². The lowest BCUT2D eigenvalue weighted by atomic mass is 10.2. The number of rotatable bonds is 5. The number of benzene rings is 1. The molecular weight excluding hydrogens is 306 g/mol. The van der Waals surface area contributed by atoms with Crippen LogP contribution in [0.3, 0.4) is 0 Å². The molecule has 2 heterocycles. The number of amides is 3. The lowest BCUT2D eigenvalue weighted by molar-refractivity contribution is -0.117. The third-order valence-electron chi connectivity index (χ3n) is 4.12. The highest BCUT2D eigenvalue weighted by atomic mass is 16.2. The van der Waals surface area contributed by atoms with E-state index >= 15 is 0 Å². The van der Waals surface area contributed by atoms with Crippen LogP contribution in [0.2, 0.25) is 0 Å². The van der Waals surface area contributed by atoms with Gasteiger partial charge >= 0.3 is 6.03 Å². The molecule has 2 aromatic rings. The van der Waals surface area contributed by atoms with Gasteiger partial charge in [-0.2, -0.15) is 5.10 Å². The zero-order valence-corrected chi connectivity index (χ0v) is 13.6. The minimum absolute atomic E-state index is 0.129. The molecule has 7 nitrogen and oxygen atoms in total. The summed E-state index contributed by atoms with van der Waals surface area (Å²) >= 11 is 0. The van der Waals surface area contributed by atoms with Gasteiger partial charge in [-0.25, -0.2) is 4.79 Å². The molecule has 0 unspecified atom stereocenters. The highest BCUT2D eigenvalue weighted by molar-refractivity contribution is 5.97. The fraction of sp³-hybridized carbons (Fsp3) is 0.353. The SMILES string of the molecule is C[C@@H]1CCC(=O)N1c1cccc(NC(=O)NCCc2cn[nH]c2)c1. The van der Waals surface area contributed by atoms with Crippen molar-refractivity contribution in [3.63, 3.8) is 0 Å². The Balaban J connectivity index is 1.56. The highest BCUT2D eigenvalue weighted by Gasteiger charge is 2.28. The molecule has 1 aromatic heterocycles. The van der Waals surface area contributed by atoms with Gasteiger partial charge in [0.05, 0.1) is 6.20 Å². The van der Waals surface area contributed by atoms with E-state index in [1.54, 1.807) is 17.3 Å². The van der Waals surface area contributed by atoms with Crippen molar-refractivity contribution in [3.8, 4) is 0 Å². The van der Waals surface area contributed by atoms with E-state index in [2.05, 4.69) is 20.8 Å². The molecule has 1 aromatic carbocycles. The predicted octanol–water partition coefficient (Wildman–Crippen LogP) is 2.29. The summed E-state index contributed by atoms with van der Waals surface area (Å²) in [6.07, 6.45) is 5.69. The van der Waals surface area contributed by atoms with E-state index in [1.165, 1.54) is 0 Å². The molecule has 1 aliphatic rings. The predicted molar refractivity (Wildman–Crippen MR) is 91.9 cm³/mol. The second-order valence-electron chi connectivity index (χ2n) is 5.94. The molecule has 0 saturated carbocycles. The lowest BCUT2D eigenvalue weighted by Gasteiger charge is -2.22. The first-order chi connectivity index (χ1) is 11.6. The van der Waals surface area contributed by atoms with Gasteiger partial charge in [0.15, 0.2) is 0 Å². The van der Waals surface area contributed by atoms with Gasteiger partial charge < -0.3 is 15.5 Å². The second kappa shape index (κ2) is 7.16. The molecule has 0 aliphatic carbocycles. The fourth-order valence-electron chi connectivity index (χ4n) is 2.87. The Morgan fingerprint density at radius 3 is 3.04 bits per heavy atom. The van der Waals surface area contributed by atoms with Crippen LogP contribution >= 0.6 is 0 Å². The van der Waals surface area contributed by atoms with Crippen LogP contribution in [-0.2, 0) is 11.2 Å². The maximum atomic E-state index is 12.0. The number of H-pyrrole nitrogens is 1. The molecule has 24 heavy (non-hydrogen) atoms. The molecule has 1 saturated heterocycles. The average molecular weight is 327 g/mol. The molecule has 126 valence electrons. The Morgan fingerprint density at radius 2 is 2.33 bits per heavy atom. The summed E-state index contributed by atoms with van der Waals surface area (Å²) in [6, 6.07) is 7.30. The van der Waals surface area contributed by atoms with Crippen LogP contribution in [0, 0.1) is 0 Å². The highest BCUT2D eigenvalue weighted by Crippen LogP contribution is 2.28. The number of hydrogen-bond donors (Lipinski definition) is 3. The summed E-state index contributed by atoms with van der Waals surface area (Å²) in [4.78, 5) is 25.8. The van der Waals surface area contributed by atoms with Gasteiger partial charge in [0, 0.05) is 36.6 Å².